The van der Waals surface area contributed by atoms with E-state index >= 15 is 0 Å². The fraction of sp³-hybridized carbons (Fsp3) is 0.588. The summed E-state index contributed by atoms with van der Waals surface area (Å²) in [6.07, 6.45) is 4.38. The SMILES string of the molecule is CCNC(C)CCc1ccc(OCC(=O)NC2CC2)cc1. The number of carbonyl (C=O) groups excluding carboxylic acids is 1. The summed E-state index contributed by atoms with van der Waals surface area (Å²) in [5.74, 6) is 0.727. The molecule has 2 N–H and O–H groups in total. The van der Waals surface area contributed by atoms with Gasteiger partial charge in [0.15, 0.2) is 6.61 Å². The van der Waals surface area contributed by atoms with Crippen LogP contribution in [0.1, 0.15) is 38.7 Å². The van der Waals surface area contributed by atoms with Crippen LogP contribution in [0.2, 0.25) is 0 Å². The largest absolute Gasteiger partial charge is 0.484 e. The number of hydrogen-bond donors (Lipinski definition) is 2. The van der Waals surface area contributed by atoms with Gasteiger partial charge in [0.05, 0.1) is 0 Å². The third-order valence-corrected chi connectivity index (χ3v) is 3.65. The van der Waals surface area contributed by atoms with Crippen LogP contribution in [0, 0.1) is 0 Å². The molecule has 21 heavy (non-hydrogen) atoms. The molecular weight excluding hydrogens is 264 g/mol. The van der Waals surface area contributed by atoms with Crippen LogP contribution in [0.25, 0.3) is 0 Å². The van der Waals surface area contributed by atoms with Crippen molar-refractivity contribution in [2.45, 2.75) is 51.6 Å². The molecule has 1 fully saturated rings. The van der Waals surface area contributed by atoms with E-state index < -0.39 is 0 Å². The van der Waals surface area contributed by atoms with Gasteiger partial charge in [0, 0.05) is 12.1 Å². The standard InChI is InChI=1S/C17H26N2O2/c1-3-18-13(2)4-5-14-6-10-16(11-7-14)21-12-17(20)19-15-8-9-15/h6-7,10-11,13,15,18H,3-5,8-9,12H2,1-2H3,(H,19,20). The number of amides is 1. The van der Waals surface area contributed by atoms with E-state index in [1.54, 1.807) is 0 Å². The lowest BCUT2D eigenvalue weighted by molar-refractivity contribution is -0.123. The average Bonchev–Trinajstić information content (AvgIpc) is 3.28. The van der Waals surface area contributed by atoms with Crippen molar-refractivity contribution in [2.24, 2.45) is 0 Å². The fourth-order valence-corrected chi connectivity index (χ4v) is 2.23. The summed E-state index contributed by atoms with van der Waals surface area (Å²) in [6.45, 7) is 5.45. The monoisotopic (exact) mass is 290 g/mol. The van der Waals surface area contributed by atoms with Gasteiger partial charge < -0.3 is 15.4 Å². The van der Waals surface area contributed by atoms with E-state index in [0.717, 1.165) is 38.0 Å². The molecule has 4 heteroatoms. The first kappa shape index (κ1) is 15.8. The van der Waals surface area contributed by atoms with Crippen LogP contribution >= 0.6 is 0 Å². The summed E-state index contributed by atoms with van der Waals surface area (Å²) in [6, 6.07) is 8.97. The van der Waals surface area contributed by atoms with E-state index in [1.165, 1.54) is 5.56 Å². The van der Waals surface area contributed by atoms with Crippen molar-refractivity contribution in [3.05, 3.63) is 29.8 Å². The maximum atomic E-state index is 11.5. The number of carbonyl (C=O) groups is 1. The first-order chi connectivity index (χ1) is 10.2. The molecule has 0 radical (unpaired) electrons. The van der Waals surface area contributed by atoms with Gasteiger partial charge in [0.2, 0.25) is 0 Å². The molecule has 116 valence electrons. The van der Waals surface area contributed by atoms with Crippen molar-refractivity contribution >= 4 is 5.91 Å². The van der Waals surface area contributed by atoms with Crippen molar-refractivity contribution < 1.29 is 9.53 Å². The lowest BCUT2D eigenvalue weighted by Gasteiger charge is -2.12. The van der Waals surface area contributed by atoms with Gasteiger partial charge in [-0.1, -0.05) is 19.1 Å². The van der Waals surface area contributed by atoms with Crippen molar-refractivity contribution in [1.82, 2.24) is 10.6 Å². The van der Waals surface area contributed by atoms with Gasteiger partial charge in [-0.2, -0.15) is 0 Å². The summed E-state index contributed by atoms with van der Waals surface area (Å²) in [4.78, 5) is 11.5. The predicted octanol–water partition coefficient (Wildman–Crippen LogP) is 2.27. The van der Waals surface area contributed by atoms with Gasteiger partial charge in [0.1, 0.15) is 5.75 Å². The molecule has 4 nitrogen and oxygen atoms in total. The van der Waals surface area contributed by atoms with Crippen LogP contribution in [-0.4, -0.2) is 31.1 Å². The van der Waals surface area contributed by atoms with Gasteiger partial charge in [-0.3, -0.25) is 4.79 Å². The number of rotatable bonds is 9. The predicted molar refractivity (Wildman–Crippen MR) is 84.6 cm³/mol. The molecule has 1 aliphatic rings. The minimum Gasteiger partial charge on any atom is -0.484 e. The van der Waals surface area contributed by atoms with E-state index in [9.17, 15) is 4.79 Å². The smallest absolute Gasteiger partial charge is 0.258 e. The second-order valence-electron chi connectivity index (χ2n) is 5.77. The second-order valence-corrected chi connectivity index (χ2v) is 5.77. The zero-order chi connectivity index (χ0) is 15.1. The molecule has 0 spiro atoms. The number of hydrogen-bond acceptors (Lipinski definition) is 3. The Morgan fingerprint density at radius 2 is 2.05 bits per heavy atom. The molecule has 0 heterocycles. The van der Waals surface area contributed by atoms with Crippen molar-refractivity contribution in [3.8, 4) is 5.75 Å². The lowest BCUT2D eigenvalue weighted by atomic mass is 10.1. The van der Waals surface area contributed by atoms with Crippen molar-refractivity contribution in [3.63, 3.8) is 0 Å². The number of benzene rings is 1. The van der Waals surface area contributed by atoms with E-state index in [4.69, 9.17) is 4.74 Å². The van der Waals surface area contributed by atoms with Crippen LogP contribution in [-0.2, 0) is 11.2 Å². The average molecular weight is 290 g/mol. The molecule has 0 aromatic heterocycles. The zero-order valence-electron chi connectivity index (χ0n) is 13.0. The minimum absolute atomic E-state index is 0.0268. The van der Waals surface area contributed by atoms with Crippen molar-refractivity contribution in [1.29, 1.82) is 0 Å². The lowest BCUT2D eigenvalue weighted by Crippen LogP contribution is -2.30. The van der Waals surface area contributed by atoms with Crippen LogP contribution in [0.15, 0.2) is 24.3 Å². The highest BCUT2D eigenvalue weighted by molar-refractivity contribution is 5.78. The molecule has 1 aromatic carbocycles. The molecule has 1 aliphatic carbocycles. The maximum Gasteiger partial charge on any atom is 0.258 e. The Labute approximate surface area is 127 Å². The Kier molecular flexibility index (Phi) is 6.05. The first-order valence-corrected chi connectivity index (χ1v) is 7.92. The summed E-state index contributed by atoms with van der Waals surface area (Å²) in [5.41, 5.74) is 1.30. The molecule has 1 atom stereocenters. The van der Waals surface area contributed by atoms with Gasteiger partial charge in [-0.05, 0) is 56.8 Å². The van der Waals surface area contributed by atoms with Gasteiger partial charge in [-0.15, -0.1) is 0 Å². The highest BCUT2D eigenvalue weighted by Gasteiger charge is 2.23. The summed E-state index contributed by atoms with van der Waals surface area (Å²) in [5, 5.41) is 6.32. The van der Waals surface area contributed by atoms with Crippen LogP contribution in [0.4, 0.5) is 0 Å². The summed E-state index contributed by atoms with van der Waals surface area (Å²) < 4.78 is 5.49. The highest BCUT2D eigenvalue weighted by Crippen LogP contribution is 2.18. The highest BCUT2D eigenvalue weighted by atomic mass is 16.5. The van der Waals surface area contributed by atoms with Crippen LogP contribution in [0.5, 0.6) is 5.75 Å². The third-order valence-electron chi connectivity index (χ3n) is 3.65. The van der Waals surface area contributed by atoms with E-state index in [1.807, 2.05) is 12.1 Å². The molecule has 0 bridgehead atoms. The first-order valence-electron chi connectivity index (χ1n) is 7.92. The van der Waals surface area contributed by atoms with Gasteiger partial charge >= 0.3 is 0 Å². The van der Waals surface area contributed by atoms with Crippen LogP contribution < -0.4 is 15.4 Å². The molecule has 1 aromatic rings. The van der Waals surface area contributed by atoms with Gasteiger partial charge in [0.25, 0.3) is 5.91 Å². The van der Waals surface area contributed by atoms with E-state index in [2.05, 4.69) is 36.6 Å². The number of aryl methyl sites for hydroxylation is 1. The third kappa shape index (κ3) is 6.17. The summed E-state index contributed by atoms with van der Waals surface area (Å²) >= 11 is 0. The van der Waals surface area contributed by atoms with E-state index in [-0.39, 0.29) is 12.5 Å². The van der Waals surface area contributed by atoms with Crippen molar-refractivity contribution in [2.75, 3.05) is 13.2 Å². The molecule has 2 rings (SSSR count). The topological polar surface area (TPSA) is 50.4 Å². The Bertz CT molecular complexity index is 441. The van der Waals surface area contributed by atoms with Gasteiger partial charge in [-0.25, -0.2) is 0 Å². The molecule has 1 saturated carbocycles. The molecule has 1 amide bonds. The fourth-order valence-electron chi connectivity index (χ4n) is 2.23. The molecule has 0 saturated heterocycles. The Balaban J connectivity index is 1.69. The molecule has 1 unspecified atom stereocenters. The van der Waals surface area contributed by atoms with Crippen LogP contribution in [0.3, 0.4) is 0 Å². The summed E-state index contributed by atoms with van der Waals surface area (Å²) in [7, 11) is 0. The Morgan fingerprint density at radius 3 is 2.67 bits per heavy atom. The second kappa shape index (κ2) is 8.03. The number of nitrogens with one attached hydrogen (secondary N) is 2. The Hall–Kier alpha value is -1.55. The normalized spacial score (nSPS) is 15.5. The molecule has 0 aliphatic heterocycles. The Morgan fingerprint density at radius 1 is 1.33 bits per heavy atom. The quantitative estimate of drug-likeness (QED) is 0.733. The molecular formula is C17H26N2O2. The minimum atomic E-state index is -0.0268. The maximum absolute atomic E-state index is 11.5. The number of ether oxygens (including phenoxy) is 1. The zero-order valence-corrected chi connectivity index (χ0v) is 13.0. The van der Waals surface area contributed by atoms with E-state index in [0.29, 0.717) is 12.1 Å².